The number of halogens is 2. The van der Waals surface area contributed by atoms with Gasteiger partial charge in [0.2, 0.25) is 5.69 Å². The summed E-state index contributed by atoms with van der Waals surface area (Å²) in [4.78, 5) is 16.0. The van der Waals surface area contributed by atoms with Crippen LogP contribution in [0.25, 0.3) is 4.85 Å². The van der Waals surface area contributed by atoms with Gasteiger partial charge >= 0.3 is 0 Å². The average Bonchev–Trinajstić information content (AvgIpc) is 3.30. The van der Waals surface area contributed by atoms with Crippen molar-refractivity contribution >= 4 is 22.6 Å². The van der Waals surface area contributed by atoms with Crippen molar-refractivity contribution in [1.82, 2.24) is 14.5 Å². The van der Waals surface area contributed by atoms with Crippen LogP contribution in [0.4, 0.5) is 14.5 Å². The number of amidine groups is 1. The molecule has 1 aliphatic carbocycles. The number of hydrogen-bond acceptors (Lipinski definition) is 5. The van der Waals surface area contributed by atoms with Crippen molar-refractivity contribution in [3.05, 3.63) is 89.3 Å². The molecule has 0 bridgehead atoms. The first-order valence-corrected chi connectivity index (χ1v) is 11.0. The molecule has 0 saturated heterocycles. The van der Waals surface area contributed by atoms with Crippen LogP contribution in [0.3, 0.4) is 0 Å². The van der Waals surface area contributed by atoms with Crippen LogP contribution in [0.1, 0.15) is 23.2 Å². The molecular formula is C24H18F2N6S. The van der Waals surface area contributed by atoms with Gasteiger partial charge in [0.05, 0.1) is 12.9 Å². The minimum atomic E-state index is -1.40. The molecule has 0 unspecified atom stereocenters. The van der Waals surface area contributed by atoms with Crippen molar-refractivity contribution in [2.75, 3.05) is 6.67 Å². The maximum Gasteiger partial charge on any atom is 0.205 e. The van der Waals surface area contributed by atoms with Crippen LogP contribution in [-0.2, 0) is 12.1 Å². The maximum absolute atomic E-state index is 15.1. The lowest BCUT2D eigenvalue weighted by molar-refractivity contribution is 0.260. The number of thioether (sulfide) groups is 1. The molecular weight excluding hydrogens is 442 g/mol. The lowest BCUT2D eigenvalue weighted by atomic mass is 9.84. The third-order valence-electron chi connectivity index (χ3n) is 6.08. The van der Waals surface area contributed by atoms with E-state index >= 15 is 4.39 Å². The van der Waals surface area contributed by atoms with Gasteiger partial charge in [-0.1, -0.05) is 23.7 Å². The first kappa shape index (κ1) is 21.2. The van der Waals surface area contributed by atoms with Gasteiger partial charge in [0, 0.05) is 46.9 Å². The number of pyridine rings is 1. The van der Waals surface area contributed by atoms with E-state index in [0.29, 0.717) is 29.9 Å². The van der Waals surface area contributed by atoms with Gasteiger partial charge in [-0.3, -0.25) is 4.98 Å². The SMILES string of the molecule is [C-]#[N+]c1ccc(C#Cc2ccc(F)c([C@@]3(CF)N=C(N)S[C@@]4(Cn5ccnc5)C[C@H]43)c2)nc1. The summed E-state index contributed by atoms with van der Waals surface area (Å²) in [5.74, 6) is 5.11. The Labute approximate surface area is 193 Å². The standard InChI is InChI=1S/C24H18F2N6S/c1-28-18-6-5-17(30-12-18)4-2-16-3-7-20(26)19(10-16)24(13-25)21-11-23(21,33-22(27)31-24)14-32-9-8-29-15-32/h3,5-10,12,15,21H,11,13-14H2,(H2,27,31)/t21-,23-,24-/m1/s1. The number of fused-ring (bicyclic) bond motifs is 1. The number of alkyl halides is 1. The van der Waals surface area contributed by atoms with Gasteiger partial charge in [0.25, 0.3) is 0 Å². The van der Waals surface area contributed by atoms with Gasteiger partial charge in [-0.25, -0.2) is 23.6 Å². The number of nitrogens with two attached hydrogens (primary N) is 1. The fourth-order valence-electron chi connectivity index (χ4n) is 4.45. The van der Waals surface area contributed by atoms with Crippen molar-refractivity contribution in [2.24, 2.45) is 16.6 Å². The Morgan fingerprint density at radius 1 is 1.30 bits per heavy atom. The third-order valence-corrected chi connectivity index (χ3v) is 7.36. The Morgan fingerprint density at radius 3 is 2.88 bits per heavy atom. The summed E-state index contributed by atoms with van der Waals surface area (Å²) in [6.45, 7) is 6.72. The molecule has 5 rings (SSSR count). The van der Waals surface area contributed by atoms with Gasteiger partial charge in [-0.2, -0.15) is 0 Å². The lowest BCUT2D eigenvalue weighted by Gasteiger charge is -2.35. The molecule has 2 aromatic heterocycles. The molecule has 1 aliphatic heterocycles. The Kier molecular flexibility index (Phi) is 5.15. The van der Waals surface area contributed by atoms with Crippen LogP contribution < -0.4 is 5.73 Å². The predicted octanol–water partition coefficient (Wildman–Crippen LogP) is 4.05. The molecule has 1 fully saturated rings. The predicted molar refractivity (Wildman–Crippen MR) is 123 cm³/mol. The highest BCUT2D eigenvalue weighted by atomic mass is 32.2. The van der Waals surface area contributed by atoms with E-state index in [9.17, 15) is 4.39 Å². The molecule has 0 radical (unpaired) electrons. The summed E-state index contributed by atoms with van der Waals surface area (Å²) in [6.07, 6.45) is 7.34. The highest BCUT2D eigenvalue weighted by Crippen LogP contribution is 2.66. The van der Waals surface area contributed by atoms with Gasteiger partial charge in [-0.15, -0.1) is 0 Å². The monoisotopic (exact) mass is 460 g/mol. The molecule has 9 heteroatoms. The Morgan fingerprint density at radius 2 is 2.18 bits per heavy atom. The second-order valence-corrected chi connectivity index (χ2v) is 9.56. The molecule has 33 heavy (non-hydrogen) atoms. The van der Waals surface area contributed by atoms with Gasteiger partial charge in [0.15, 0.2) is 5.17 Å². The van der Waals surface area contributed by atoms with E-state index in [1.165, 1.54) is 24.0 Å². The van der Waals surface area contributed by atoms with E-state index in [1.807, 2.05) is 10.8 Å². The minimum absolute atomic E-state index is 0.161. The molecule has 2 aliphatic rings. The van der Waals surface area contributed by atoms with E-state index in [-0.39, 0.29) is 21.4 Å². The zero-order chi connectivity index (χ0) is 23.1. The molecule has 1 aromatic carbocycles. The summed E-state index contributed by atoms with van der Waals surface area (Å²) < 4.78 is 31.4. The normalized spacial score (nSPS) is 25.2. The average molecular weight is 461 g/mol. The van der Waals surface area contributed by atoms with E-state index in [0.717, 1.165) is 0 Å². The van der Waals surface area contributed by atoms with Crippen LogP contribution >= 0.6 is 11.8 Å². The van der Waals surface area contributed by atoms with E-state index in [1.54, 1.807) is 36.8 Å². The highest BCUT2D eigenvalue weighted by molar-refractivity contribution is 8.15. The van der Waals surface area contributed by atoms with E-state index in [4.69, 9.17) is 12.3 Å². The second-order valence-electron chi connectivity index (χ2n) is 8.12. The van der Waals surface area contributed by atoms with Gasteiger partial charge in [0.1, 0.15) is 23.7 Å². The summed E-state index contributed by atoms with van der Waals surface area (Å²) >= 11 is 1.43. The van der Waals surface area contributed by atoms with Crippen molar-refractivity contribution in [2.45, 2.75) is 23.3 Å². The van der Waals surface area contributed by atoms with Crippen molar-refractivity contribution < 1.29 is 8.78 Å². The number of imidazole rings is 1. The van der Waals surface area contributed by atoms with Crippen LogP contribution in [-0.4, -0.2) is 31.1 Å². The molecule has 164 valence electrons. The lowest BCUT2D eigenvalue weighted by Crippen LogP contribution is -2.41. The molecule has 3 atom stereocenters. The fraction of sp³-hybridized carbons (Fsp3) is 0.250. The van der Waals surface area contributed by atoms with Gasteiger partial charge < -0.3 is 10.3 Å². The molecule has 2 N–H and O–H groups in total. The zero-order valence-corrected chi connectivity index (χ0v) is 18.2. The summed E-state index contributed by atoms with van der Waals surface area (Å²) in [6, 6.07) is 7.66. The summed E-state index contributed by atoms with van der Waals surface area (Å²) in [7, 11) is 0. The van der Waals surface area contributed by atoms with E-state index < -0.39 is 18.0 Å². The van der Waals surface area contributed by atoms with Crippen LogP contribution in [0.5, 0.6) is 0 Å². The quantitative estimate of drug-likeness (QED) is 0.471. The highest BCUT2D eigenvalue weighted by Gasteiger charge is 2.68. The fourth-order valence-corrected chi connectivity index (χ4v) is 5.87. The Hall–Kier alpha value is -3.69. The molecule has 0 spiro atoms. The number of hydrogen-bond donors (Lipinski definition) is 1. The second kappa shape index (κ2) is 8.02. The molecule has 0 amide bonds. The molecule has 6 nitrogen and oxygen atoms in total. The smallest absolute Gasteiger partial charge is 0.205 e. The van der Waals surface area contributed by atoms with Crippen LogP contribution in [0.15, 0.2) is 60.2 Å². The first-order valence-electron chi connectivity index (χ1n) is 10.2. The topological polar surface area (TPSA) is 73.4 Å². The zero-order valence-electron chi connectivity index (χ0n) is 17.4. The van der Waals surface area contributed by atoms with Crippen molar-refractivity contribution in [1.29, 1.82) is 0 Å². The molecule has 3 heterocycles. The van der Waals surface area contributed by atoms with E-state index in [2.05, 4.69) is 31.6 Å². The largest absolute Gasteiger partial charge is 0.378 e. The van der Waals surface area contributed by atoms with Gasteiger partial charge in [-0.05, 0) is 36.6 Å². The number of nitrogens with zero attached hydrogens (tertiary/aromatic N) is 5. The van der Waals surface area contributed by atoms with Crippen LogP contribution in [0.2, 0.25) is 0 Å². The number of rotatable bonds is 4. The number of aromatic nitrogens is 3. The molecule has 1 saturated carbocycles. The number of aliphatic imine (C=N–C) groups is 1. The summed E-state index contributed by atoms with van der Waals surface area (Å²) in [5, 5.41) is 0.251. The first-order chi connectivity index (χ1) is 16.0. The van der Waals surface area contributed by atoms with Crippen molar-refractivity contribution in [3.8, 4) is 11.8 Å². The third kappa shape index (κ3) is 3.75. The summed E-state index contributed by atoms with van der Waals surface area (Å²) in [5.41, 5.74) is 6.32. The van der Waals surface area contributed by atoms with Crippen LogP contribution in [0, 0.1) is 30.1 Å². The maximum atomic E-state index is 15.1. The van der Waals surface area contributed by atoms with Crippen molar-refractivity contribution in [3.63, 3.8) is 0 Å². The minimum Gasteiger partial charge on any atom is -0.378 e. The molecule has 3 aromatic rings. The Bertz CT molecular complexity index is 1340. The Balaban J connectivity index is 1.50. The number of benzene rings is 1.